The Bertz CT molecular complexity index is 886. The topological polar surface area (TPSA) is 72.5 Å². The van der Waals surface area contributed by atoms with Crippen molar-refractivity contribution in [2.24, 2.45) is 0 Å². The van der Waals surface area contributed by atoms with E-state index in [1.807, 2.05) is 24.3 Å². The van der Waals surface area contributed by atoms with Gasteiger partial charge in [-0.05, 0) is 54.7 Å². The van der Waals surface area contributed by atoms with Crippen molar-refractivity contribution in [3.63, 3.8) is 0 Å². The van der Waals surface area contributed by atoms with Gasteiger partial charge < -0.3 is 10.1 Å². The molecule has 5 nitrogen and oxygen atoms in total. The molecule has 28 heavy (non-hydrogen) atoms. The van der Waals surface area contributed by atoms with Gasteiger partial charge in [-0.25, -0.2) is 0 Å². The number of carbonyl (C=O) groups excluding carboxylic acids is 3. The fourth-order valence-electron chi connectivity index (χ4n) is 3.24. The number of unbranched alkanes of at least 4 members (excludes halogenated alkanes) is 1. The van der Waals surface area contributed by atoms with E-state index in [9.17, 15) is 14.4 Å². The molecule has 0 fully saturated rings. The van der Waals surface area contributed by atoms with E-state index in [2.05, 4.69) is 12.2 Å². The predicted octanol–water partition coefficient (Wildman–Crippen LogP) is 4.05. The number of rotatable bonds is 8. The van der Waals surface area contributed by atoms with Crippen LogP contribution in [-0.2, 0) is 27.2 Å². The minimum atomic E-state index is -0.430. The van der Waals surface area contributed by atoms with Crippen LogP contribution in [0.5, 0.6) is 0 Å². The van der Waals surface area contributed by atoms with Crippen LogP contribution in [-0.4, -0.2) is 24.3 Å². The number of aryl methyl sites for hydroxylation is 1. The molecule has 3 rings (SSSR count). The number of anilines is 1. The van der Waals surface area contributed by atoms with E-state index in [1.165, 1.54) is 5.56 Å². The van der Waals surface area contributed by atoms with Gasteiger partial charge in [-0.2, -0.15) is 0 Å². The van der Waals surface area contributed by atoms with Crippen molar-refractivity contribution < 1.29 is 19.1 Å². The molecule has 2 aromatic rings. The average Bonchev–Trinajstić information content (AvgIpc) is 2.99. The van der Waals surface area contributed by atoms with Gasteiger partial charge in [0.15, 0.2) is 12.4 Å². The molecule has 0 aliphatic carbocycles. The van der Waals surface area contributed by atoms with Crippen LogP contribution in [0.4, 0.5) is 5.69 Å². The summed E-state index contributed by atoms with van der Waals surface area (Å²) in [4.78, 5) is 36.1. The number of ether oxygens (including phenoxy) is 1. The average molecular weight is 379 g/mol. The quantitative estimate of drug-likeness (QED) is 0.555. The third-order valence-electron chi connectivity index (χ3n) is 5.05. The summed E-state index contributed by atoms with van der Waals surface area (Å²) >= 11 is 0. The maximum absolute atomic E-state index is 12.4. The van der Waals surface area contributed by atoms with E-state index < -0.39 is 5.97 Å². The van der Waals surface area contributed by atoms with Crippen LogP contribution >= 0.6 is 0 Å². The van der Waals surface area contributed by atoms with Gasteiger partial charge in [0.25, 0.3) is 0 Å². The van der Waals surface area contributed by atoms with Crippen LogP contribution in [0, 0.1) is 0 Å². The van der Waals surface area contributed by atoms with Gasteiger partial charge >= 0.3 is 5.97 Å². The fourth-order valence-corrected chi connectivity index (χ4v) is 3.24. The summed E-state index contributed by atoms with van der Waals surface area (Å²) in [7, 11) is 0. The van der Waals surface area contributed by atoms with E-state index in [-0.39, 0.29) is 30.6 Å². The van der Waals surface area contributed by atoms with Crippen molar-refractivity contribution in [2.45, 2.75) is 45.4 Å². The van der Waals surface area contributed by atoms with Crippen molar-refractivity contribution in [2.75, 3.05) is 11.9 Å². The Morgan fingerprint density at radius 3 is 2.50 bits per heavy atom. The Balaban J connectivity index is 1.52. The van der Waals surface area contributed by atoms with Gasteiger partial charge in [0.1, 0.15) is 0 Å². The number of ketones is 1. The van der Waals surface area contributed by atoms with E-state index >= 15 is 0 Å². The molecule has 0 spiro atoms. The zero-order valence-electron chi connectivity index (χ0n) is 16.3. The van der Waals surface area contributed by atoms with E-state index in [0.717, 1.165) is 36.1 Å². The Morgan fingerprint density at radius 1 is 1.07 bits per heavy atom. The fraction of sp³-hybridized carbons (Fsp3) is 0.348. The number of hydrogen-bond acceptors (Lipinski definition) is 4. The van der Waals surface area contributed by atoms with Gasteiger partial charge in [-0.3, -0.25) is 14.4 Å². The van der Waals surface area contributed by atoms with Crippen molar-refractivity contribution in [1.82, 2.24) is 0 Å². The number of esters is 1. The first-order chi connectivity index (χ1) is 13.5. The lowest BCUT2D eigenvalue weighted by molar-refractivity contribution is -0.141. The Morgan fingerprint density at radius 2 is 1.79 bits per heavy atom. The molecule has 1 aliphatic heterocycles. The second-order valence-corrected chi connectivity index (χ2v) is 7.19. The van der Waals surface area contributed by atoms with Gasteiger partial charge in [0.2, 0.25) is 5.91 Å². The smallest absolute Gasteiger partial charge is 0.310 e. The molecule has 0 radical (unpaired) electrons. The maximum Gasteiger partial charge on any atom is 0.310 e. The summed E-state index contributed by atoms with van der Waals surface area (Å²) in [6.07, 6.45) is 3.48. The van der Waals surface area contributed by atoms with Crippen LogP contribution < -0.4 is 5.32 Å². The summed E-state index contributed by atoms with van der Waals surface area (Å²) < 4.78 is 5.15. The maximum atomic E-state index is 12.4. The van der Waals surface area contributed by atoms with Crippen molar-refractivity contribution >= 4 is 23.3 Å². The largest absolute Gasteiger partial charge is 0.457 e. The zero-order valence-corrected chi connectivity index (χ0v) is 16.3. The summed E-state index contributed by atoms with van der Waals surface area (Å²) in [5.74, 6) is -1.07. The number of fused-ring (bicyclic) bond motifs is 1. The highest BCUT2D eigenvalue weighted by Gasteiger charge is 2.27. The molecular weight excluding hydrogens is 354 g/mol. The lowest BCUT2D eigenvalue weighted by atomic mass is 9.99. The normalized spacial score (nSPS) is 15.1. The van der Waals surface area contributed by atoms with Gasteiger partial charge in [0, 0.05) is 11.3 Å². The molecule has 1 amide bonds. The minimum Gasteiger partial charge on any atom is -0.457 e. The van der Waals surface area contributed by atoms with Crippen LogP contribution in [0.15, 0.2) is 42.5 Å². The predicted molar refractivity (Wildman–Crippen MR) is 108 cm³/mol. The molecule has 5 heteroatoms. The molecule has 1 heterocycles. The summed E-state index contributed by atoms with van der Waals surface area (Å²) in [5, 5.41) is 2.77. The molecule has 146 valence electrons. The highest BCUT2D eigenvalue weighted by molar-refractivity contribution is 6.05. The first-order valence-corrected chi connectivity index (χ1v) is 9.69. The number of amides is 1. The molecular formula is C23H25NO4. The molecule has 0 aromatic heterocycles. The van der Waals surface area contributed by atoms with Crippen molar-refractivity contribution in [1.29, 1.82) is 0 Å². The van der Waals surface area contributed by atoms with Gasteiger partial charge in [-0.1, -0.05) is 37.6 Å². The van der Waals surface area contributed by atoms with E-state index in [4.69, 9.17) is 4.74 Å². The molecule has 1 aliphatic rings. The first kappa shape index (κ1) is 19.8. The molecule has 0 bridgehead atoms. The zero-order chi connectivity index (χ0) is 20.1. The molecule has 0 unspecified atom stereocenters. The monoisotopic (exact) mass is 379 g/mol. The molecule has 0 saturated carbocycles. The number of Topliss-reactive ketones (excluding diaryl/α,β-unsaturated/α-hetero) is 1. The summed E-state index contributed by atoms with van der Waals surface area (Å²) in [6, 6.07) is 13.0. The van der Waals surface area contributed by atoms with Gasteiger partial charge in [-0.15, -0.1) is 0 Å². The summed E-state index contributed by atoms with van der Waals surface area (Å²) in [5.41, 5.74) is 4.09. The van der Waals surface area contributed by atoms with Crippen LogP contribution in [0.2, 0.25) is 0 Å². The second kappa shape index (κ2) is 8.83. The molecule has 0 saturated heterocycles. The Labute approximate surface area is 165 Å². The van der Waals surface area contributed by atoms with Crippen LogP contribution in [0.25, 0.3) is 0 Å². The third kappa shape index (κ3) is 4.66. The molecule has 1 N–H and O–H groups in total. The van der Waals surface area contributed by atoms with E-state index in [0.29, 0.717) is 5.56 Å². The second-order valence-electron chi connectivity index (χ2n) is 7.19. The summed E-state index contributed by atoms with van der Waals surface area (Å²) in [6.45, 7) is 3.65. The van der Waals surface area contributed by atoms with Crippen LogP contribution in [0.3, 0.4) is 0 Å². The lowest BCUT2D eigenvalue weighted by Gasteiger charge is -2.07. The van der Waals surface area contributed by atoms with E-state index in [1.54, 1.807) is 25.1 Å². The number of nitrogens with one attached hydrogen (secondary N) is 1. The van der Waals surface area contributed by atoms with Gasteiger partial charge in [0.05, 0.1) is 12.3 Å². The first-order valence-electron chi connectivity index (χ1n) is 9.69. The number of hydrogen-bond donors (Lipinski definition) is 1. The molecule has 2 aromatic carbocycles. The van der Waals surface area contributed by atoms with Crippen molar-refractivity contribution in [3.8, 4) is 0 Å². The van der Waals surface area contributed by atoms with Crippen molar-refractivity contribution in [3.05, 3.63) is 64.7 Å². The third-order valence-corrected chi connectivity index (χ3v) is 5.05. The Hall–Kier alpha value is -2.95. The Kier molecular flexibility index (Phi) is 6.24. The highest BCUT2D eigenvalue weighted by Crippen LogP contribution is 2.32. The minimum absolute atomic E-state index is 0.0771. The molecule has 1 atom stereocenters. The standard InChI is InChI=1S/C23H25NO4/c1-3-4-5-16-6-8-17(9-7-16)12-22(26)28-14-21(25)18-10-11-20-19(13-18)15(2)23(27)24-20/h6-11,13,15H,3-5,12,14H2,1-2H3,(H,24,27)/t15-/m0/s1. The highest BCUT2D eigenvalue weighted by atomic mass is 16.5. The SMILES string of the molecule is CCCCc1ccc(CC(=O)OCC(=O)c2ccc3c(c2)[C@H](C)C(=O)N3)cc1. The lowest BCUT2D eigenvalue weighted by Crippen LogP contribution is -2.16. The van der Waals surface area contributed by atoms with Crippen LogP contribution in [0.1, 0.15) is 59.7 Å². The number of carbonyl (C=O) groups is 3. The number of benzene rings is 2.